The van der Waals surface area contributed by atoms with E-state index in [1.165, 1.54) is 74.7 Å². The normalized spacial score (nSPS) is 12.8. The van der Waals surface area contributed by atoms with Crippen molar-refractivity contribution in [3.05, 3.63) is 59.1 Å². The van der Waals surface area contributed by atoms with Crippen molar-refractivity contribution >= 4 is 23.4 Å². The lowest BCUT2D eigenvalue weighted by atomic mass is 10.1. The number of carbonyl (C=O) groups is 1. The molecule has 1 heterocycles. The summed E-state index contributed by atoms with van der Waals surface area (Å²) in [4.78, 5) is 16.2. The van der Waals surface area contributed by atoms with Crippen LogP contribution in [0.3, 0.4) is 0 Å². The molecule has 3 rings (SSSR count). The zero-order chi connectivity index (χ0) is 29.1. The fourth-order valence-corrected chi connectivity index (χ4v) is 5.66. The summed E-state index contributed by atoms with van der Waals surface area (Å²) in [7, 11) is 1.62. The van der Waals surface area contributed by atoms with Crippen molar-refractivity contribution in [2.45, 2.75) is 97.4 Å². The van der Waals surface area contributed by atoms with Crippen molar-refractivity contribution < 1.29 is 19.0 Å². The van der Waals surface area contributed by atoms with Crippen LogP contribution in [0.15, 0.2) is 53.6 Å². The Morgan fingerprint density at radius 2 is 1.49 bits per heavy atom. The zero-order valence-electron chi connectivity index (χ0n) is 25.4. The Bertz CT molecular complexity index is 1060. The predicted molar refractivity (Wildman–Crippen MR) is 172 cm³/mol. The minimum absolute atomic E-state index is 0.112. The van der Waals surface area contributed by atoms with Crippen LogP contribution in [0.25, 0.3) is 0 Å². The molecule has 0 fully saturated rings. The Hall–Kier alpha value is -2.80. The predicted octanol–water partition coefficient (Wildman–Crippen LogP) is 9.16. The number of para-hydroxylation sites is 1. The van der Waals surface area contributed by atoms with Gasteiger partial charge in [-0.1, -0.05) is 95.8 Å². The molecule has 0 spiro atoms. The van der Waals surface area contributed by atoms with E-state index in [4.69, 9.17) is 14.2 Å². The molecule has 1 aliphatic heterocycles. The lowest BCUT2D eigenvalue weighted by molar-refractivity contribution is -0.118. The van der Waals surface area contributed by atoms with Gasteiger partial charge in [-0.05, 0) is 48.1 Å². The highest BCUT2D eigenvalue weighted by Gasteiger charge is 2.14. The van der Waals surface area contributed by atoms with Crippen LogP contribution in [0.2, 0.25) is 0 Å². The quantitative estimate of drug-likeness (QED) is 0.148. The van der Waals surface area contributed by atoms with Crippen LogP contribution < -0.4 is 19.5 Å². The van der Waals surface area contributed by atoms with E-state index in [-0.39, 0.29) is 12.5 Å². The van der Waals surface area contributed by atoms with E-state index in [0.29, 0.717) is 23.9 Å². The molecular formula is C34H50N2O4S. The number of hydrogen-bond acceptors (Lipinski definition) is 6. The first kappa shape index (κ1) is 32.7. The number of nitrogens with zero attached hydrogens (tertiary/aromatic N) is 1. The van der Waals surface area contributed by atoms with Crippen molar-refractivity contribution in [2.24, 2.45) is 0 Å². The maximum Gasteiger partial charge on any atom is 0.262 e. The summed E-state index contributed by atoms with van der Waals surface area (Å²) in [5.74, 6) is 2.44. The number of nitrogens with one attached hydrogen (secondary N) is 1. The molecule has 0 saturated heterocycles. The van der Waals surface area contributed by atoms with Crippen molar-refractivity contribution in [1.29, 1.82) is 0 Å². The molecule has 2 aromatic carbocycles. The van der Waals surface area contributed by atoms with Gasteiger partial charge in [0.05, 0.1) is 19.6 Å². The minimum Gasteiger partial charge on any atom is -0.493 e. The number of anilines is 1. The van der Waals surface area contributed by atoms with Gasteiger partial charge in [0.25, 0.3) is 5.91 Å². The molecule has 41 heavy (non-hydrogen) atoms. The second-order valence-electron chi connectivity index (χ2n) is 10.8. The molecule has 0 aliphatic carbocycles. The van der Waals surface area contributed by atoms with Crippen molar-refractivity contribution in [1.82, 2.24) is 4.90 Å². The molecule has 0 saturated carbocycles. The Balaban J connectivity index is 1.34. The molecular weight excluding hydrogens is 532 g/mol. The van der Waals surface area contributed by atoms with Crippen LogP contribution in [0.1, 0.15) is 96.5 Å². The van der Waals surface area contributed by atoms with Crippen LogP contribution in [-0.4, -0.2) is 37.0 Å². The molecule has 2 aromatic rings. The second-order valence-corrected chi connectivity index (χ2v) is 12.0. The lowest BCUT2D eigenvalue weighted by Gasteiger charge is -2.16. The third-order valence-corrected chi connectivity index (χ3v) is 8.23. The number of thioether (sulfide) groups is 1. The fourth-order valence-electron chi connectivity index (χ4n) is 4.91. The molecule has 1 N–H and O–H groups in total. The van der Waals surface area contributed by atoms with E-state index >= 15 is 0 Å². The van der Waals surface area contributed by atoms with Gasteiger partial charge in [0.1, 0.15) is 0 Å². The number of carbonyl (C=O) groups excluding carboxylic acids is 1. The van der Waals surface area contributed by atoms with Crippen LogP contribution in [0.5, 0.6) is 17.2 Å². The van der Waals surface area contributed by atoms with Crippen molar-refractivity contribution in [3.8, 4) is 17.2 Å². The van der Waals surface area contributed by atoms with Crippen molar-refractivity contribution in [2.75, 3.05) is 31.5 Å². The number of rotatable bonds is 21. The van der Waals surface area contributed by atoms with Gasteiger partial charge in [-0.3, -0.25) is 4.79 Å². The zero-order valence-corrected chi connectivity index (χ0v) is 26.2. The Kier molecular flexibility index (Phi) is 15.4. The first-order chi connectivity index (χ1) is 20.1. The molecule has 1 aliphatic rings. The summed E-state index contributed by atoms with van der Waals surface area (Å²) >= 11 is 1.85. The Morgan fingerprint density at radius 1 is 0.854 bits per heavy atom. The third-order valence-electron chi connectivity index (χ3n) is 7.21. The SMILES string of the molecule is CCCCCCCCCCCCCCOc1c(OC)cccc1OCC(=O)Nc1ccc(CN2C=C(C)SC2)cc1. The largest absolute Gasteiger partial charge is 0.493 e. The number of ether oxygens (including phenoxy) is 3. The minimum atomic E-state index is -0.220. The molecule has 0 bridgehead atoms. The second kappa shape index (κ2) is 19.3. The maximum atomic E-state index is 12.6. The third kappa shape index (κ3) is 12.7. The molecule has 0 radical (unpaired) electrons. The summed E-state index contributed by atoms with van der Waals surface area (Å²) in [5.41, 5.74) is 1.95. The molecule has 226 valence electrons. The summed E-state index contributed by atoms with van der Waals surface area (Å²) in [6.45, 7) is 5.74. The van der Waals surface area contributed by atoms with E-state index in [0.717, 1.165) is 31.0 Å². The Labute approximate surface area is 252 Å². The fraction of sp³-hybridized carbons (Fsp3) is 0.559. The van der Waals surface area contributed by atoms with Crippen molar-refractivity contribution in [3.63, 3.8) is 0 Å². The van der Waals surface area contributed by atoms with E-state index in [1.807, 2.05) is 54.2 Å². The highest BCUT2D eigenvalue weighted by atomic mass is 32.2. The molecule has 7 heteroatoms. The summed E-state index contributed by atoms with van der Waals surface area (Å²) < 4.78 is 17.5. The van der Waals surface area contributed by atoms with Gasteiger partial charge < -0.3 is 24.4 Å². The van der Waals surface area contributed by atoms with E-state index < -0.39 is 0 Å². The first-order valence-corrected chi connectivity index (χ1v) is 16.4. The Morgan fingerprint density at radius 3 is 2.10 bits per heavy atom. The number of amides is 1. The number of benzene rings is 2. The summed E-state index contributed by atoms with van der Waals surface area (Å²) in [6, 6.07) is 13.5. The summed E-state index contributed by atoms with van der Waals surface area (Å²) in [6.07, 6.45) is 17.8. The van der Waals surface area contributed by atoms with Gasteiger partial charge in [0.15, 0.2) is 18.1 Å². The topological polar surface area (TPSA) is 60.0 Å². The van der Waals surface area contributed by atoms with Gasteiger partial charge in [-0.2, -0.15) is 0 Å². The van der Waals surface area contributed by atoms with Gasteiger partial charge in [0, 0.05) is 18.4 Å². The lowest BCUT2D eigenvalue weighted by Crippen LogP contribution is -2.20. The van der Waals surface area contributed by atoms with E-state index in [9.17, 15) is 4.79 Å². The highest BCUT2D eigenvalue weighted by Crippen LogP contribution is 2.37. The standard InChI is InChI=1S/C34H50N2O4S/c1-4-5-6-7-8-9-10-11-12-13-14-15-23-39-34-31(38-3)17-16-18-32(34)40-26-33(37)35-30-21-19-29(20-22-30)25-36-24-28(2)41-27-36/h16-22,24H,4-15,23,25-27H2,1-3H3,(H,35,37). The van der Waals surface area contributed by atoms with Gasteiger partial charge >= 0.3 is 0 Å². The number of allylic oxidation sites excluding steroid dienone is 1. The molecule has 0 atom stereocenters. The van der Waals surface area contributed by atoms with Gasteiger partial charge in [-0.25, -0.2) is 0 Å². The van der Waals surface area contributed by atoms with Crippen LogP contribution in [0.4, 0.5) is 5.69 Å². The molecule has 6 nitrogen and oxygen atoms in total. The maximum absolute atomic E-state index is 12.6. The molecule has 0 unspecified atom stereocenters. The number of unbranched alkanes of at least 4 members (excludes halogenated alkanes) is 11. The highest BCUT2D eigenvalue weighted by molar-refractivity contribution is 8.03. The summed E-state index contributed by atoms with van der Waals surface area (Å²) in [5, 5.41) is 2.92. The van der Waals surface area contributed by atoms with Crippen LogP contribution in [0, 0.1) is 0 Å². The average Bonchev–Trinajstić information content (AvgIpc) is 3.39. The van der Waals surface area contributed by atoms with E-state index in [1.54, 1.807) is 7.11 Å². The smallest absolute Gasteiger partial charge is 0.262 e. The van der Waals surface area contributed by atoms with Gasteiger partial charge in [-0.15, -0.1) is 11.8 Å². The van der Waals surface area contributed by atoms with Crippen LogP contribution in [-0.2, 0) is 11.3 Å². The first-order valence-electron chi connectivity index (χ1n) is 15.5. The van der Waals surface area contributed by atoms with Gasteiger partial charge in [0.2, 0.25) is 5.75 Å². The molecule has 1 amide bonds. The van der Waals surface area contributed by atoms with E-state index in [2.05, 4.69) is 30.3 Å². The molecule has 0 aromatic heterocycles. The number of methoxy groups -OCH3 is 1. The van der Waals surface area contributed by atoms with Crippen LogP contribution >= 0.6 is 11.8 Å². The monoisotopic (exact) mass is 582 g/mol. The number of hydrogen-bond donors (Lipinski definition) is 1. The average molecular weight is 583 g/mol.